The van der Waals surface area contributed by atoms with Crippen molar-refractivity contribution in [1.29, 1.82) is 0 Å². The molecule has 0 fully saturated rings. The molecule has 0 aromatic heterocycles. The zero-order chi connectivity index (χ0) is 17.8. The van der Waals surface area contributed by atoms with Gasteiger partial charge in [0.15, 0.2) is 11.5 Å². The van der Waals surface area contributed by atoms with Gasteiger partial charge in [-0.15, -0.1) is 0 Å². The van der Waals surface area contributed by atoms with E-state index in [1.54, 1.807) is 30.3 Å². The average Bonchev–Trinajstić information content (AvgIpc) is 3.07. The van der Waals surface area contributed by atoms with Crippen molar-refractivity contribution >= 4 is 17.3 Å². The number of anilines is 1. The van der Waals surface area contributed by atoms with E-state index in [1.165, 1.54) is 7.11 Å². The number of hydrogen-bond acceptors (Lipinski definition) is 5. The summed E-state index contributed by atoms with van der Waals surface area (Å²) in [6.45, 7) is 3.24. The average molecular weight is 339 g/mol. The van der Waals surface area contributed by atoms with Gasteiger partial charge in [-0.3, -0.25) is 9.80 Å². The van der Waals surface area contributed by atoms with Crippen LogP contribution >= 0.6 is 0 Å². The zero-order valence-electron chi connectivity index (χ0n) is 14.3. The minimum Gasteiger partial charge on any atom is -0.504 e. The molecule has 1 aliphatic rings. The van der Waals surface area contributed by atoms with Crippen LogP contribution in [-0.2, 0) is 6.54 Å². The summed E-state index contributed by atoms with van der Waals surface area (Å²) in [5.41, 5.74) is 3.54. The monoisotopic (exact) mass is 339 g/mol. The second-order valence-electron chi connectivity index (χ2n) is 5.94. The van der Waals surface area contributed by atoms with E-state index in [1.807, 2.05) is 24.1 Å². The van der Waals surface area contributed by atoms with Crippen LogP contribution in [0, 0.1) is 0 Å². The number of aromatic hydroxyl groups is 1. The summed E-state index contributed by atoms with van der Waals surface area (Å²) in [5.74, 6) is 0.310. The molecule has 0 radical (unpaired) electrons. The summed E-state index contributed by atoms with van der Waals surface area (Å²) in [5, 5.41) is 18.9. The lowest BCUT2D eigenvalue weighted by Crippen LogP contribution is -2.22. The minimum atomic E-state index is -0.153. The van der Waals surface area contributed by atoms with Crippen molar-refractivity contribution in [3.05, 3.63) is 53.6 Å². The first-order chi connectivity index (χ1) is 12.1. The van der Waals surface area contributed by atoms with Crippen LogP contribution < -0.4 is 15.1 Å². The predicted molar refractivity (Wildman–Crippen MR) is 97.3 cm³/mol. The summed E-state index contributed by atoms with van der Waals surface area (Å²) in [7, 11) is 1.49. The molecular weight excluding hydrogens is 318 g/mol. The van der Waals surface area contributed by atoms with Gasteiger partial charge in [0, 0.05) is 30.8 Å². The van der Waals surface area contributed by atoms with Crippen LogP contribution in [0.15, 0.2) is 47.6 Å². The Morgan fingerprint density at radius 1 is 1.28 bits per heavy atom. The summed E-state index contributed by atoms with van der Waals surface area (Å²) in [6, 6.07) is 12.4. The molecule has 2 aromatic rings. The lowest BCUT2D eigenvalue weighted by atomic mass is 10.1. The second-order valence-corrected chi connectivity index (χ2v) is 5.94. The van der Waals surface area contributed by atoms with Gasteiger partial charge in [-0.05, 0) is 48.9 Å². The van der Waals surface area contributed by atoms with Gasteiger partial charge in [-0.1, -0.05) is 6.07 Å². The molecule has 2 aromatic carbocycles. The fourth-order valence-corrected chi connectivity index (χ4v) is 2.66. The van der Waals surface area contributed by atoms with Gasteiger partial charge in [-0.2, -0.15) is 5.10 Å². The van der Waals surface area contributed by atoms with E-state index in [2.05, 4.69) is 10.4 Å². The maximum Gasteiger partial charge on any atom is 0.251 e. The molecular formula is C19H21N3O3. The standard InChI is InChI=1S/C19H21N3O3/c1-13-9-10-22(21-13)16-6-4-15(5-7-16)19(24)20-12-14-3-8-17(23)18(11-14)25-2/h3-8,11,23H,9-10,12H2,1-2H3,(H,20,24). The number of amides is 1. The van der Waals surface area contributed by atoms with E-state index in [4.69, 9.17) is 4.74 Å². The van der Waals surface area contributed by atoms with Gasteiger partial charge in [-0.25, -0.2) is 0 Å². The molecule has 0 spiro atoms. The Balaban J connectivity index is 1.61. The number of nitrogens with zero attached hydrogens (tertiary/aromatic N) is 2. The molecule has 0 aliphatic carbocycles. The molecule has 0 atom stereocenters. The van der Waals surface area contributed by atoms with Crippen LogP contribution in [0.1, 0.15) is 29.3 Å². The van der Waals surface area contributed by atoms with Gasteiger partial charge in [0.2, 0.25) is 0 Å². The van der Waals surface area contributed by atoms with E-state index in [-0.39, 0.29) is 11.7 Å². The SMILES string of the molecule is COc1cc(CNC(=O)c2ccc(N3CCC(C)=N3)cc2)ccc1O. The topological polar surface area (TPSA) is 74.2 Å². The zero-order valence-corrected chi connectivity index (χ0v) is 14.3. The summed E-state index contributed by atoms with van der Waals surface area (Å²) in [4.78, 5) is 12.3. The van der Waals surface area contributed by atoms with Crippen LogP contribution in [0.4, 0.5) is 5.69 Å². The number of phenolic OH excluding ortho intramolecular Hbond substituents is 1. The molecule has 1 aliphatic heterocycles. The number of carbonyl (C=O) groups is 1. The highest BCUT2D eigenvalue weighted by Gasteiger charge is 2.13. The number of hydrogen-bond donors (Lipinski definition) is 2. The Labute approximate surface area is 146 Å². The quantitative estimate of drug-likeness (QED) is 0.878. The Kier molecular flexibility index (Phi) is 4.88. The number of ether oxygens (including phenoxy) is 1. The maximum atomic E-state index is 12.3. The van der Waals surface area contributed by atoms with Gasteiger partial charge in [0.05, 0.1) is 12.8 Å². The highest BCUT2D eigenvalue weighted by molar-refractivity contribution is 5.94. The Morgan fingerprint density at radius 3 is 2.68 bits per heavy atom. The van der Waals surface area contributed by atoms with Crippen molar-refractivity contribution in [2.75, 3.05) is 18.7 Å². The first-order valence-electron chi connectivity index (χ1n) is 8.12. The third kappa shape index (κ3) is 3.91. The van der Waals surface area contributed by atoms with Gasteiger partial charge in [0.25, 0.3) is 5.91 Å². The number of carbonyl (C=O) groups excluding carboxylic acids is 1. The van der Waals surface area contributed by atoms with Crippen molar-refractivity contribution in [2.24, 2.45) is 5.10 Å². The fourth-order valence-electron chi connectivity index (χ4n) is 2.66. The van der Waals surface area contributed by atoms with Gasteiger partial charge < -0.3 is 15.2 Å². The van der Waals surface area contributed by atoms with E-state index < -0.39 is 0 Å². The van der Waals surface area contributed by atoms with Crippen LogP contribution in [0.5, 0.6) is 11.5 Å². The summed E-state index contributed by atoms with van der Waals surface area (Å²) in [6.07, 6.45) is 0.971. The number of benzene rings is 2. The van der Waals surface area contributed by atoms with Crippen molar-refractivity contribution in [3.63, 3.8) is 0 Å². The number of nitrogens with one attached hydrogen (secondary N) is 1. The highest BCUT2D eigenvalue weighted by atomic mass is 16.5. The van der Waals surface area contributed by atoms with Crippen molar-refractivity contribution in [3.8, 4) is 11.5 Å². The maximum absolute atomic E-state index is 12.3. The molecule has 0 saturated heterocycles. The molecule has 1 heterocycles. The van der Waals surface area contributed by atoms with Crippen molar-refractivity contribution in [2.45, 2.75) is 19.9 Å². The number of phenols is 1. The molecule has 0 saturated carbocycles. The first-order valence-corrected chi connectivity index (χ1v) is 8.12. The second kappa shape index (κ2) is 7.25. The molecule has 25 heavy (non-hydrogen) atoms. The van der Waals surface area contributed by atoms with Crippen LogP contribution in [0.25, 0.3) is 0 Å². The number of methoxy groups -OCH3 is 1. The first kappa shape index (κ1) is 16.8. The summed E-state index contributed by atoms with van der Waals surface area (Å²) < 4.78 is 5.07. The molecule has 130 valence electrons. The van der Waals surface area contributed by atoms with Gasteiger partial charge in [0.1, 0.15) is 0 Å². The highest BCUT2D eigenvalue weighted by Crippen LogP contribution is 2.26. The molecule has 0 bridgehead atoms. The van der Waals surface area contributed by atoms with Crippen LogP contribution in [0.2, 0.25) is 0 Å². The lowest BCUT2D eigenvalue weighted by molar-refractivity contribution is 0.0951. The van der Waals surface area contributed by atoms with Crippen molar-refractivity contribution < 1.29 is 14.6 Å². The van der Waals surface area contributed by atoms with E-state index in [0.717, 1.165) is 29.9 Å². The van der Waals surface area contributed by atoms with Crippen molar-refractivity contribution in [1.82, 2.24) is 5.32 Å². The predicted octanol–water partition coefficient (Wildman–Crippen LogP) is 2.92. The van der Waals surface area contributed by atoms with Gasteiger partial charge >= 0.3 is 0 Å². The molecule has 2 N–H and O–H groups in total. The number of rotatable bonds is 5. The third-order valence-electron chi connectivity index (χ3n) is 4.10. The summed E-state index contributed by atoms with van der Waals surface area (Å²) >= 11 is 0. The molecule has 3 rings (SSSR count). The van der Waals surface area contributed by atoms with E-state index in [9.17, 15) is 9.90 Å². The Morgan fingerprint density at radius 2 is 2.04 bits per heavy atom. The smallest absolute Gasteiger partial charge is 0.251 e. The largest absolute Gasteiger partial charge is 0.504 e. The Hall–Kier alpha value is -3.02. The Bertz CT molecular complexity index is 800. The van der Waals surface area contributed by atoms with E-state index in [0.29, 0.717) is 17.9 Å². The normalized spacial score (nSPS) is 13.5. The lowest BCUT2D eigenvalue weighted by Gasteiger charge is -2.14. The molecule has 6 nitrogen and oxygen atoms in total. The van der Waals surface area contributed by atoms with Crippen LogP contribution in [0.3, 0.4) is 0 Å². The van der Waals surface area contributed by atoms with Crippen LogP contribution in [-0.4, -0.2) is 30.4 Å². The molecule has 1 amide bonds. The minimum absolute atomic E-state index is 0.0768. The molecule has 0 unspecified atom stereocenters. The molecule has 6 heteroatoms. The van der Waals surface area contributed by atoms with E-state index >= 15 is 0 Å². The third-order valence-corrected chi connectivity index (χ3v) is 4.10. The fraction of sp³-hybridized carbons (Fsp3) is 0.263. The number of hydrazone groups is 1.